The van der Waals surface area contributed by atoms with Gasteiger partial charge in [-0.3, -0.25) is 9.36 Å². The van der Waals surface area contributed by atoms with Crippen LogP contribution in [0.15, 0.2) is 16.9 Å². The van der Waals surface area contributed by atoms with Crippen LogP contribution < -0.4 is 11.3 Å². The van der Waals surface area contributed by atoms with E-state index in [0.717, 1.165) is 49.3 Å². The number of aryl methyl sites for hydroxylation is 2. The molecule has 1 aliphatic rings. The highest BCUT2D eigenvalue weighted by Crippen LogP contribution is 2.25. The molecular weight excluding hydrogens is 358 g/mol. The number of halogens is 1. The zero-order chi connectivity index (χ0) is 20.2. The van der Waals surface area contributed by atoms with Crippen molar-refractivity contribution >= 4 is 22.5 Å². The van der Waals surface area contributed by atoms with Gasteiger partial charge in [-0.15, -0.1) is 0 Å². The van der Waals surface area contributed by atoms with Crippen LogP contribution >= 0.6 is 11.6 Å². The first kappa shape index (κ1) is 21.9. The number of rotatable bonds is 2. The lowest BCUT2D eigenvalue weighted by Crippen LogP contribution is -2.25. The van der Waals surface area contributed by atoms with Crippen molar-refractivity contribution in [3.05, 3.63) is 38.9 Å². The van der Waals surface area contributed by atoms with Gasteiger partial charge in [0.15, 0.2) is 0 Å². The van der Waals surface area contributed by atoms with Gasteiger partial charge in [-0.1, -0.05) is 52.1 Å². The molecule has 1 aromatic heterocycles. The van der Waals surface area contributed by atoms with Crippen molar-refractivity contribution in [2.75, 3.05) is 6.54 Å². The largest absolute Gasteiger partial charge is 0.330 e. The maximum atomic E-state index is 12.8. The van der Waals surface area contributed by atoms with E-state index in [-0.39, 0.29) is 5.56 Å². The van der Waals surface area contributed by atoms with Crippen LogP contribution in [0.25, 0.3) is 10.9 Å². The van der Waals surface area contributed by atoms with E-state index in [1.165, 1.54) is 12.8 Å². The molecule has 4 nitrogen and oxygen atoms in total. The second-order valence-electron chi connectivity index (χ2n) is 8.87. The van der Waals surface area contributed by atoms with Crippen LogP contribution in [0.1, 0.15) is 64.8 Å². The lowest BCUT2D eigenvalue weighted by molar-refractivity contribution is 0.412. The summed E-state index contributed by atoms with van der Waals surface area (Å²) in [6.07, 6.45) is 5.53. The molecular formula is C22H34ClN3O. The summed E-state index contributed by atoms with van der Waals surface area (Å²) in [6.45, 7) is 12.1. The summed E-state index contributed by atoms with van der Waals surface area (Å²) in [7, 11) is 0. The molecule has 1 aliphatic heterocycles. The van der Waals surface area contributed by atoms with Gasteiger partial charge in [0.1, 0.15) is 5.82 Å². The number of nitrogens with two attached hydrogens (primary N) is 1. The highest BCUT2D eigenvalue weighted by Gasteiger charge is 2.20. The van der Waals surface area contributed by atoms with Crippen molar-refractivity contribution in [2.24, 2.45) is 17.1 Å². The van der Waals surface area contributed by atoms with Crippen LogP contribution in [0.3, 0.4) is 0 Å². The molecule has 0 amide bonds. The Morgan fingerprint density at radius 3 is 2.56 bits per heavy atom. The molecule has 150 valence electrons. The molecule has 1 aromatic carbocycles. The Balaban J connectivity index is 0.000000380. The summed E-state index contributed by atoms with van der Waals surface area (Å²) in [5, 5.41) is 1.09. The van der Waals surface area contributed by atoms with E-state index in [0.29, 0.717) is 21.7 Å². The first-order valence-electron chi connectivity index (χ1n) is 10.1. The van der Waals surface area contributed by atoms with E-state index in [1.807, 2.05) is 23.6 Å². The Morgan fingerprint density at radius 1 is 1.30 bits per heavy atom. The number of aromatic nitrogens is 2. The fraction of sp³-hybridized carbons (Fsp3) is 0.636. The molecule has 5 heteroatoms. The molecule has 27 heavy (non-hydrogen) atoms. The monoisotopic (exact) mass is 391 g/mol. The SMILES string of the molecule is CC(C)(C)CN.CCCC1CCc2nc3cc(C)cc(Cl)c3c(=O)n2CC1. The molecule has 3 rings (SSSR count). The van der Waals surface area contributed by atoms with Gasteiger partial charge in [-0.05, 0) is 55.3 Å². The predicted octanol–water partition coefficient (Wildman–Crippen LogP) is 5.10. The molecule has 2 aromatic rings. The van der Waals surface area contributed by atoms with Gasteiger partial charge in [0.05, 0.1) is 15.9 Å². The number of benzene rings is 1. The van der Waals surface area contributed by atoms with E-state index in [2.05, 4.69) is 27.7 Å². The maximum absolute atomic E-state index is 12.8. The smallest absolute Gasteiger partial charge is 0.262 e. The lowest BCUT2D eigenvalue weighted by atomic mass is 9.95. The molecule has 0 saturated heterocycles. The minimum absolute atomic E-state index is 0.0251. The number of fused-ring (bicyclic) bond motifs is 2. The molecule has 2 N–H and O–H groups in total. The highest BCUT2D eigenvalue weighted by molar-refractivity contribution is 6.35. The minimum Gasteiger partial charge on any atom is -0.330 e. The van der Waals surface area contributed by atoms with Crippen LogP contribution in [0, 0.1) is 18.3 Å². The van der Waals surface area contributed by atoms with Crippen molar-refractivity contribution in [3.63, 3.8) is 0 Å². The van der Waals surface area contributed by atoms with Crippen LogP contribution in [-0.4, -0.2) is 16.1 Å². The Bertz CT molecular complexity index is 836. The Labute approximate surface area is 168 Å². The third-order valence-electron chi connectivity index (χ3n) is 5.08. The Hall–Kier alpha value is -1.39. The van der Waals surface area contributed by atoms with Crippen molar-refractivity contribution < 1.29 is 0 Å². The van der Waals surface area contributed by atoms with Gasteiger partial charge >= 0.3 is 0 Å². The van der Waals surface area contributed by atoms with Crippen LogP contribution in [-0.2, 0) is 13.0 Å². The first-order valence-corrected chi connectivity index (χ1v) is 10.4. The van der Waals surface area contributed by atoms with E-state index in [1.54, 1.807) is 0 Å². The maximum Gasteiger partial charge on any atom is 0.262 e. The zero-order valence-electron chi connectivity index (χ0n) is 17.4. The van der Waals surface area contributed by atoms with Gasteiger partial charge in [0.25, 0.3) is 5.56 Å². The number of hydrogen-bond acceptors (Lipinski definition) is 3. The summed E-state index contributed by atoms with van der Waals surface area (Å²) in [5.41, 5.74) is 7.43. The first-order chi connectivity index (χ1) is 12.7. The minimum atomic E-state index is 0.0251. The molecule has 1 atom stereocenters. The molecule has 0 fully saturated rings. The topological polar surface area (TPSA) is 60.9 Å². The van der Waals surface area contributed by atoms with E-state index in [4.69, 9.17) is 22.3 Å². The summed E-state index contributed by atoms with van der Waals surface area (Å²) in [4.78, 5) is 17.5. The quantitative estimate of drug-likeness (QED) is 0.774. The van der Waals surface area contributed by atoms with Crippen LogP contribution in [0.4, 0.5) is 0 Å². The fourth-order valence-electron chi connectivity index (χ4n) is 3.38. The number of hydrogen-bond donors (Lipinski definition) is 1. The summed E-state index contributed by atoms with van der Waals surface area (Å²) in [5.74, 6) is 1.63. The van der Waals surface area contributed by atoms with Crippen molar-refractivity contribution in [2.45, 2.75) is 73.3 Å². The highest BCUT2D eigenvalue weighted by atomic mass is 35.5. The summed E-state index contributed by atoms with van der Waals surface area (Å²) < 4.78 is 1.85. The van der Waals surface area contributed by atoms with Gasteiger partial charge < -0.3 is 5.73 Å². The fourth-order valence-corrected chi connectivity index (χ4v) is 3.73. The van der Waals surface area contributed by atoms with E-state index < -0.39 is 0 Å². The van der Waals surface area contributed by atoms with E-state index >= 15 is 0 Å². The second kappa shape index (κ2) is 9.20. The third kappa shape index (κ3) is 5.79. The Morgan fingerprint density at radius 2 is 1.96 bits per heavy atom. The van der Waals surface area contributed by atoms with Crippen molar-refractivity contribution in [1.82, 2.24) is 9.55 Å². The summed E-state index contributed by atoms with van der Waals surface area (Å²) >= 11 is 6.28. The van der Waals surface area contributed by atoms with Gasteiger partial charge in [0.2, 0.25) is 0 Å². The average molecular weight is 392 g/mol. The normalized spacial score (nSPS) is 17.1. The molecule has 0 aliphatic carbocycles. The predicted molar refractivity (Wildman–Crippen MR) is 116 cm³/mol. The third-order valence-corrected chi connectivity index (χ3v) is 5.38. The van der Waals surface area contributed by atoms with Gasteiger partial charge in [-0.25, -0.2) is 4.98 Å². The molecule has 0 radical (unpaired) electrons. The van der Waals surface area contributed by atoms with Gasteiger partial charge in [0, 0.05) is 13.0 Å². The van der Waals surface area contributed by atoms with Crippen LogP contribution in [0.2, 0.25) is 5.02 Å². The van der Waals surface area contributed by atoms with Gasteiger partial charge in [-0.2, -0.15) is 0 Å². The molecule has 0 saturated carbocycles. The summed E-state index contributed by atoms with van der Waals surface area (Å²) in [6, 6.07) is 3.80. The molecule has 2 heterocycles. The van der Waals surface area contributed by atoms with Crippen molar-refractivity contribution in [1.29, 1.82) is 0 Å². The standard InChI is InChI=1S/C17H21ClN2O.C5H13N/c1-3-4-12-5-6-15-19-14-10-11(2)9-13(18)16(14)17(21)20(15)8-7-12;1-5(2,3)4-6/h9-10,12H,3-8H2,1-2H3;4,6H2,1-3H3. The zero-order valence-corrected chi connectivity index (χ0v) is 18.2. The Kier molecular flexibility index (Phi) is 7.47. The number of nitrogens with zero attached hydrogens (tertiary/aromatic N) is 2. The molecule has 0 spiro atoms. The molecule has 1 unspecified atom stereocenters. The molecule has 0 bridgehead atoms. The van der Waals surface area contributed by atoms with Crippen LogP contribution in [0.5, 0.6) is 0 Å². The average Bonchev–Trinajstić information content (AvgIpc) is 2.77. The second-order valence-corrected chi connectivity index (χ2v) is 9.28. The van der Waals surface area contributed by atoms with E-state index in [9.17, 15) is 4.79 Å². The lowest BCUT2D eigenvalue weighted by Gasteiger charge is -2.12. The van der Waals surface area contributed by atoms with Crippen molar-refractivity contribution in [3.8, 4) is 0 Å².